The molecule has 1 saturated heterocycles. The molecule has 1 rings (SSSR count). The van der Waals surface area contributed by atoms with Crippen molar-refractivity contribution in [3.05, 3.63) is 0 Å². The SMILES string of the molecule is CON=CC(=O)N1CCC[C@H](C(C)(C)C)CC1. The van der Waals surface area contributed by atoms with Crippen LogP contribution in [0, 0.1) is 11.3 Å². The molecular weight excluding hydrogens is 216 g/mol. The standard InChI is InChI=1S/C13H24N2O2/c1-13(2,3)11-6-5-8-15(9-7-11)12(16)10-14-17-4/h10-11H,5-9H2,1-4H3/t11-/m0/s1. The molecule has 0 bridgehead atoms. The predicted molar refractivity (Wildman–Crippen MR) is 68.9 cm³/mol. The quantitative estimate of drug-likeness (QED) is 0.549. The van der Waals surface area contributed by atoms with Crippen molar-refractivity contribution in [3.8, 4) is 0 Å². The van der Waals surface area contributed by atoms with Gasteiger partial charge in [0.2, 0.25) is 0 Å². The first-order valence-corrected chi connectivity index (χ1v) is 6.30. The Morgan fingerprint density at radius 2 is 2.06 bits per heavy atom. The molecule has 17 heavy (non-hydrogen) atoms. The molecule has 1 amide bonds. The lowest BCUT2D eigenvalue weighted by Crippen LogP contribution is -2.33. The summed E-state index contributed by atoms with van der Waals surface area (Å²) in [5.74, 6) is 0.654. The molecule has 0 aliphatic carbocycles. The summed E-state index contributed by atoms with van der Waals surface area (Å²) in [5.41, 5.74) is 0.333. The number of hydrogen-bond donors (Lipinski definition) is 0. The highest BCUT2D eigenvalue weighted by molar-refractivity contribution is 6.25. The van der Waals surface area contributed by atoms with Gasteiger partial charge in [0, 0.05) is 13.1 Å². The van der Waals surface area contributed by atoms with Crippen molar-refractivity contribution in [2.24, 2.45) is 16.5 Å². The second-order valence-corrected chi connectivity index (χ2v) is 5.74. The molecule has 0 saturated carbocycles. The second kappa shape index (κ2) is 6.03. The molecule has 0 spiro atoms. The van der Waals surface area contributed by atoms with E-state index in [1.165, 1.54) is 19.7 Å². The van der Waals surface area contributed by atoms with Crippen LogP contribution >= 0.6 is 0 Å². The highest BCUT2D eigenvalue weighted by atomic mass is 16.6. The van der Waals surface area contributed by atoms with Crippen LogP contribution in [0.5, 0.6) is 0 Å². The number of oxime groups is 1. The zero-order chi connectivity index (χ0) is 12.9. The summed E-state index contributed by atoms with van der Waals surface area (Å²) >= 11 is 0. The molecule has 0 unspecified atom stereocenters. The van der Waals surface area contributed by atoms with Crippen molar-refractivity contribution in [3.63, 3.8) is 0 Å². The molecule has 1 heterocycles. The minimum atomic E-state index is -0.0404. The monoisotopic (exact) mass is 240 g/mol. The van der Waals surface area contributed by atoms with Gasteiger partial charge < -0.3 is 9.74 Å². The maximum Gasteiger partial charge on any atom is 0.268 e. The van der Waals surface area contributed by atoms with E-state index in [4.69, 9.17) is 0 Å². The minimum Gasteiger partial charge on any atom is -0.399 e. The largest absolute Gasteiger partial charge is 0.399 e. The molecule has 1 aliphatic rings. The number of likely N-dealkylation sites (tertiary alicyclic amines) is 1. The summed E-state index contributed by atoms with van der Waals surface area (Å²) in [6.45, 7) is 8.50. The molecule has 1 fully saturated rings. The molecule has 98 valence electrons. The molecule has 4 nitrogen and oxygen atoms in total. The second-order valence-electron chi connectivity index (χ2n) is 5.74. The summed E-state index contributed by atoms with van der Waals surface area (Å²) in [7, 11) is 1.45. The Labute approximate surface area is 104 Å². The molecule has 1 aliphatic heterocycles. The summed E-state index contributed by atoms with van der Waals surface area (Å²) in [6, 6.07) is 0. The van der Waals surface area contributed by atoms with Crippen LogP contribution in [0.15, 0.2) is 5.16 Å². The van der Waals surface area contributed by atoms with E-state index in [1.54, 1.807) is 0 Å². The van der Waals surface area contributed by atoms with Gasteiger partial charge in [-0.05, 0) is 30.6 Å². The first kappa shape index (κ1) is 14.0. The van der Waals surface area contributed by atoms with Gasteiger partial charge in [-0.3, -0.25) is 4.79 Å². The van der Waals surface area contributed by atoms with E-state index >= 15 is 0 Å². The maximum atomic E-state index is 11.8. The number of nitrogens with zero attached hydrogens (tertiary/aromatic N) is 2. The molecule has 0 aromatic carbocycles. The third kappa shape index (κ3) is 4.36. The fourth-order valence-corrected chi connectivity index (χ4v) is 2.36. The van der Waals surface area contributed by atoms with Gasteiger partial charge in [0.1, 0.15) is 13.3 Å². The fraction of sp³-hybridized carbons (Fsp3) is 0.846. The highest BCUT2D eigenvalue weighted by Gasteiger charge is 2.27. The van der Waals surface area contributed by atoms with E-state index in [1.807, 2.05) is 4.90 Å². The average Bonchev–Trinajstić information content (AvgIpc) is 2.50. The van der Waals surface area contributed by atoms with Crippen LogP contribution in [0.3, 0.4) is 0 Å². The lowest BCUT2D eigenvalue weighted by Gasteiger charge is -2.29. The zero-order valence-corrected chi connectivity index (χ0v) is 11.4. The molecule has 4 heteroatoms. The van der Waals surface area contributed by atoms with Crippen LogP contribution in [0.4, 0.5) is 0 Å². The van der Waals surface area contributed by atoms with Crippen LogP contribution in [-0.2, 0) is 9.63 Å². The van der Waals surface area contributed by atoms with Gasteiger partial charge in [-0.25, -0.2) is 0 Å². The number of hydrogen-bond acceptors (Lipinski definition) is 3. The van der Waals surface area contributed by atoms with Crippen molar-refractivity contribution in [2.75, 3.05) is 20.2 Å². The Balaban J connectivity index is 2.53. The smallest absolute Gasteiger partial charge is 0.268 e. The summed E-state index contributed by atoms with van der Waals surface area (Å²) in [4.78, 5) is 18.2. The van der Waals surface area contributed by atoms with Crippen molar-refractivity contribution in [1.82, 2.24) is 4.90 Å². The summed E-state index contributed by atoms with van der Waals surface area (Å²) < 4.78 is 0. The van der Waals surface area contributed by atoms with Gasteiger partial charge in [-0.1, -0.05) is 25.9 Å². The first-order valence-electron chi connectivity index (χ1n) is 6.30. The van der Waals surface area contributed by atoms with Gasteiger partial charge >= 0.3 is 0 Å². The Kier molecular flexibility index (Phi) is 4.97. The van der Waals surface area contributed by atoms with Crippen LogP contribution in [0.1, 0.15) is 40.0 Å². The lowest BCUT2D eigenvalue weighted by molar-refractivity contribution is -0.123. The molecule has 1 atom stereocenters. The summed E-state index contributed by atoms with van der Waals surface area (Å²) in [5, 5.41) is 3.53. The highest BCUT2D eigenvalue weighted by Crippen LogP contribution is 2.34. The molecule has 0 radical (unpaired) electrons. The third-order valence-corrected chi connectivity index (χ3v) is 3.53. The predicted octanol–water partition coefficient (Wildman–Crippen LogP) is 2.29. The van der Waals surface area contributed by atoms with E-state index < -0.39 is 0 Å². The number of amides is 1. The fourth-order valence-electron chi connectivity index (χ4n) is 2.36. The van der Waals surface area contributed by atoms with Gasteiger partial charge in [-0.15, -0.1) is 0 Å². The van der Waals surface area contributed by atoms with Crippen molar-refractivity contribution in [1.29, 1.82) is 0 Å². The Bertz CT molecular complexity index is 282. The Morgan fingerprint density at radius 1 is 1.35 bits per heavy atom. The van der Waals surface area contributed by atoms with Crippen LogP contribution in [-0.4, -0.2) is 37.2 Å². The van der Waals surface area contributed by atoms with Crippen LogP contribution in [0.2, 0.25) is 0 Å². The van der Waals surface area contributed by atoms with Crippen molar-refractivity contribution < 1.29 is 9.63 Å². The zero-order valence-electron chi connectivity index (χ0n) is 11.4. The lowest BCUT2D eigenvalue weighted by atomic mass is 9.77. The van der Waals surface area contributed by atoms with E-state index in [2.05, 4.69) is 30.8 Å². The van der Waals surface area contributed by atoms with Crippen LogP contribution < -0.4 is 0 Å². The Hall–Kier alpha value is -1.06. The van der Waals surface area contributed by atoms with Crippen molar-refractivity contribution >= 4 is 12.1 Å². The third-order valence-electron chi connectivity index (χ3n) is 3.53. The van der Waals surface area contributed by atoms with E-state index in [9.17, 15) is 4.79 Å². The summed E-state index contributed by atoms with van der Waals surface area (Å²) in [6.07, 6.45) is 4.62. The maximum absolute atomic E-state index is 11.8. The van der Waals surface area contributed by atoms with Gasteiger partial charge in [0.15, 0.2) is 0 Å². The van der Waals surface area contributed by atoms with Gasteiger partial charge in [0.25, 0.3) is 5.91 Å². The van der Waals surface area contributed by atoms with Gasteiger partial charge in [-0.2, -0.15) is 0 Å². The van der Waals surface area contributed by atoms with Gasteiger partial charge in [0.05, 0.1) is 0 Å². The molecule has 0 N–H and O–H groups in total. The minimum absolute atomic E-state index is 0.0404. The molecular formula is C13H24N2O2. The average molecular weight is 240 g/mol. The molecule has 0 aromatic heterocycles. The first-order chi connectivity index (χ1) is 7.95. The number of rotatable bonds is 2. The number of carbonyl (C=O) groups is 1. The van der Waals surface area contributed by atoms with E-state index in [-0.39, 0.29) is 5.91 Å². The van der Waals surface area contributed by atoms with E-state index in [0.29, 0.717) is 11.3 Å². The topological polar surface area (TPSA) is 41.9 Å². The van der Waals surface area contributed by atoms with Crippen molar-refractivity contribution in [2.45, 2.75) is 40.0 Å². The molecule has 0 aromatic rings. The van der Waals surface area contributed by atoms with E-state index in [0.717, 1.165) is 25.9 Å². The Morgan fingerprint density at radius 3 is 2.65 bits per heavy atom. The van der Waals surface area contributed by atoms with Crippen LogP contribution in [0.25, 0.3) is 0 Å². The number of carbonyl (C=O) groups excluding carboxylic acids is 1. The normalized spacial score (nSPS) is 22.6.